The molecule has 0 unspecified atom stereocenters. The Kier molecular flexibility index (Phi) is 6.08. The van der Waals surface area contributed by atoms with Crippen LogP contribution >= 0.6 is 0 Å². The van der Waals surface area contributed by atoms with Crippen LogP contribution in [0.3, 0.4) is 0 Å². The molecule has 0 aromatic heterocycles. The van der Waals surface area contributed by atoms with Gasteiger partial charge in [-0.25, -0.2) is 0 Å². The van der Waals surface area contributed by atoms with E-state index in [0.717, 1.165) is 11.8 Å². The third-order valence-corrected chi connectivity index (χ3v) is 2.65. The highest BCUT2D eigenvalue weighted by Crippen LogP contribution is 1.98. The van der Waals surface area contributed by atoms with E-state index in [1.807, 2.05) is 44.2 Å². The number of rotatable bonds is 7. The summed E-state index contributed by atoms with van der Waals surface area (Å²) in [7, 11) is 0. The third kappa shape index (κ3) is 5.10. The largest absolute Gasteiger partial charge is 0.345 e. The van der Waals surface area contributed by atoms with E-state index in [1.54, 1.807) is 0 Å². The first-order valence-corrected chi connectivity index (χ1v) is 6.12. The fourth-order valence-electron chi connectivity index (χ4n) is 1.51. The van der Waals surface area contributed by atoms with Crippen LogP contribution in [0.2, 0.25) is 0 Å². The van der Waals surface area contributed by atoms with E-state index in [9.17, 15) is 9.59 Å². The zero-order chi connectivity index (χ0) is 13.4. The molecule has 18 heavy (non-hydrogen) atoms. The fourth-order valence-corrected chi connectivity index (χ4v) is 1.51. The Balaban J connectivity index is 2.27. The Morgan fingerprint density at radius 3 is 2.50 bits per heavy atom. The van der Waals surface area contributed by atoms with Crippen LogP contribution in [0.4, 0.5) is 0 Å². The molecule has 1 amide bonds. The number of benzene rings is 1. The van der Waals surface area contributed by atoms with Gasteiger partial charge in [-0.1, -0.05) is 44.2 Å². The van der Waals surface area contributed by atoms with E-state index in [1.165, 1.54) is 0 Å². The van der Waals surface area contributed by atoms with Crippen molar-refractivity contribution in [2.24, 2.45) is 5.92 Å². The van der Waals surface area contributed by atoms with Gasteiger partial charge in [0.15, 0.2) is 0 Å². The fraction of sp³-hybridized carbons (Fsp3) is 0.429. The summed E-state index contributed by atoms with van der Waals surface area (Å²) in [6, 6.07) is 9.45. The Labute approximate surface area is 108 Å². The molecule has 98 valence electrons. The lowest BCUT2D eigenvalue weighted by Gasteiger charge is -2.16. The summed E-state index contributed by atoms with van der Waals surface area (Å²) in [4.78, 5) is 22.3. The molecule has 0 aliphatic heterocycles. The predicted octanol–water partition coefficient (Wildman–Crippen LogP) is 1.12. The molecule has 0 heterocycles. The van der Waals surface area contributed by atoms with Crippen LogP contribution in [0, 0.1) is 5.92 Å². The second-order valence-corrected chi connectivity index (χ2v) is 4.56. The van der Waals surface area contributed by atoms with Gasteiger partial charge in [-0.2, -0.15) is 0 Å². The van der Waals surface area contributed by atoms with E-state index in [2.05, 4.69) is 10.6 Å². The van der Waals surface area contributed by atoms with Crippen LogP contribution in [-0.2, 0) is 16.1 Å². The first-order valence-electron chi connectivity index (χ1n) is 6.12. The van der Waals surface area contributed by atoms with E-state index < -0.39 is 6.04 Å². The number of nitrogens with one attached hydrogen (secondary N) is 2. The first-order chi connectivity index (χ1) is 8.63. The maximum atomic E-state index is 11.6. The van der Waals surface area contributed by atoms with E-state index in [4.69, 9.17) is 0 Å². The number of amides is 1. The van der Waals surface area contributed by atoms with Crippen molar-refractivity contribution < 1.29 is 9.59 Å². The quantitative estimate of drug-likeness (QED) is 0.711. The molecule has 4 nitrogen and oxygen atoms in total. The van der Waals surface area contributed by atoms with Crippen molar-refractivity contribution in [3.63, 3.8) is 0 Å². The second-order valence-electron chi connectivity index (χ2n) is 4.56. The average Bonchev–Trinajstić information content (AvgIpc) is 2.37. The summed E-state index contributed by atoms with van der Waals surface area (Å²) in [5.41, 5.74) is 1.13. The Morgan fingerprint density at radius 1 is 1.28 bits per heavy atom. The maximum absolute atomic E-state index is 11.6. The van der Waals surface area contributed by atoms with E-state index >= 15 is 0 Å². The lowest BCUT2D eigenvalue weighted by molar-refractivity contribution is -0.123. The minimum Gasteiger partial charge on any atom is -0.345 e. The minimum absolute atomic E-state index is 0.112. The highest BCUT2D eigenvalue weighted by atomic mass is 16.2. The van der Waals surface area contributed by atoms with Gasteiger partial charge in [0.1, 0.15) is 6.29 Å². The van der Waals surface area contributed by atoms with Gasteiger partial charge in [0.2, 0.25) is 5.91 Å². The molecule has 0 radical (unpaired) electrons. The van der Waals surface area contributed by atoms with Gasteiger partial charge in [-0.15, -0.1) is 0 Å². The lowest BCUT2D eigenvalue weighted by atomic mass is 10.1. The second kappa shape index (κ2) is 7.61. The van der Waals surface area contributed by atoms with Crippen LogP contribution in [0.5, 0.6) is 0 Å². The van der Waals surface area contributed by atoms with Crippen LogP contribution in [-0.4, -0.2) is 24.8 Å². The van der Waals surface area contributed by atoms with Crippen LogP contribution in [0.15, 0.2) is 30.3 Å². The van der Waals surface area contributed by atoms with Crippen molar-refractivity contribution in [3.8, 4) is 0 Å². The summed E-state index contributed by atoms with van der Waals surface area (Å²) in [5, 5.41) is 5.72. The molecule has 0 aliphatic carbocycles. The van der Waals surface area contributed by atoms with Crippen LogP contribution in [0.1, 0.15) is 19.4 Å². The first kappa shape index (κ1) is 14.4. The molecule has 4 heteroatoms. The molecule has 2 N–H and O–H groups in total. The SMILES string of the molecule is CC(C)[C@@H](C=O)NC(=O)CNCc1ccccc1. The van der Waals surface area contributed by atoms with E-state index in [0.29, 0.717) is 6.54 Å². The van der Waals surface area contributed by atoms with Gasteiger partial charge in [0.25, 0.3) is 0 Å². The smallest absolute Gasteiger partial charge is 0.234 e. The normalized spacial score (nSPS) is 12.2. The third-order valence-electron chi connectivity index (χ3n) is 2.65. The molecule has 0 saturated carbocycles. The van der Waals surface area contributed by atoms with Crippen molar-refractivity contribution in [2.75, 3.05) is 6.54 Å². The molecule has 1 aromatic carbocycles. The Bertz CT molecular complexity index is 377. The topological polar surface area (TPSA) is 58.2 Å². The van der Waals surface area contributed by atoms with Crippen molar-refractivity contribution in [1.82, 2.24) is 10.6 Å². The zero-order valence-electron chi connectivity index (χ0n) is 10.8. The predicted molar refractivity (Wildman–Crippen MR) is 71.0 cm³/mol. The molecular weight excluding hydrogens is 228 g/mol. The zero-order valence-corrected chi connectivity index (χ0v) is 10.8. The molecule has 0 bridgehead atoms. The molecular formula is C14H20N2O2. The van der Waals surface area contributed by atoms with Crippen LogP contribution in [0.25, 0.3) is 0 Å². The molecule has 0 saturated heterocycles. The standard InChI is InChI=1S/C14H20N2O2/c1-11(2)13(10-17)16-14(18)9-15-8-12-6-4-3-5-7-12/h3-7,10-11,13,15H,8-9H2,1-2H3,(H,16,18)/t13-/m1/s1. The minimum atomic E-state index is -0.406. The highest BCUT2D eigenvalue weighted by molar-refractivity contribution is 5.81. The molecule has 0 aliphatic rings. The molecule has 0 fully saturated rings. The molecule has 1 atom stereocenters. The van der Waals surface area contributed by atoms with Crippen LogP contribution < -0.4 is 10.6 Å². The summed E-state index contributed by atoms with van der Waals surface area (Å²) in [6.45, 7) is 4.65. The average molecular weight is 248 g/mol. The van der Waals surface area contributed by atoms with Crippen molar-refractivity contribution in [3.05, 3.63) is 35.9 Å². The van der Waals surface area contributed by atoms with Gasteiger partial charge in [0.05, 0.1) is 12.6 Å². The molecule has 1 aromatic rings. The number of carbonyl (C=O) groups is 2. The number of carbonyl (C=O) groups excluding carboxylic acids is 2. The van der Waals surface area contributed by atoms with Gasteiger partial charge in [0, 0.05) is 6.54 Å². The number of hydrogen-bond donors (Lipinski definition) is 2. The van der Waals surface area contributed by atoms with Crippen molar-refractivity contribution >= 4 is 12.2 Å². The van der Waals surface area contributed by atoms with Crippen molar-refractivity contribution in [1.29, 1.82) is 0 Å². The summed E-state index contributed by atoms with van der Waals surface area (Å²) >= 11 is 0. The van der Waals surface area contributed by atoms with Gasteiger partial charge < -0.3 is 15.4 Å². The van der Waals surface area contributed by atoms with Gasteiger partial charge >= 0.3 is 0 Å². The Morgan fingerprint density at radius 2 is 1.94 bits per heavy atom. The summed E-state index contributed by atoms with van der Waals surface area (Å²) in [5.74, 6) is -0.0442. The van der Waals surface area contributed by atoms with E-state index in [-0.39, 0.29) is 18.4 Å². The van der Waals surface area contributed by atoms with Gasteiger partial charge in [-0.05, 0) is 11.5 Å². The number of aldehydes is 1. The highest BCUT2D eigenvalue weighted by Gasteiger charge is 2.14. The summed E-state index contributed by atoms with van der Waals surface area (Å²) < 4.78 is 0. The molecule has 0 spiro atoms. The van der Waals surface area contributed by atoms with Gasteiger partial charge in [-0.3, -0.25) is 4.79 Å². The number of hydrogen-bond acceptors (Lipinski definition) is 3. The Hall–Kier alpha value is -1.68. The maximum Gasteiger partial charge on any atom is 0.234 e. The summed E-state index contributed by atoms with van der Waals surface area (Å²) in [6.07, 6.45) is 0.778. The molecule has 1 rings (SSSR count). The van der Waals surface area contributed by atoms with Crippen molar-refractivity contribution in [2.45, 2.75) is 26.4 Å². The lowest BCUT2D eigenvalue weighted by Crippen LogP contribution is -2.43. The monoisotopic (exact) mass is 248 g/mol.